The molecule has 2 aromatic heterocycles. The number of nitrogens with zero attached hydrogens (tertiary/aromatic N) is 6. The smallest absolute Gasteiger partial charge is 0.237 e. The zero-order valence-corrected chi connectivity index (χ0v) is 23.3. The van der Waals surface area contributed by atoms with Gasteiger partial charge in [0.1, 0.15) is 12.1 Å². The van der Waals surface area contributed by atoms with E-state index in [9.17, 15) is 9.59 Å². The van der Waals surface area contributed by atoms with Gasteiger partial charge in [0, 0.05) is 58.0 Å². The van der Waals surface area contributed by atoms with Gasteiger partial charge in [0.15, 0.2) is 11.5 Å². The van der Waals surface area contributed by atoms with Crippen LogP contribution in [0.1, 0.15) is 44.4 Å². The molecule has 11 heteroatoms. The molecule has 1 unspecified atom stereocenters. The third-order valence-electron chi connectivity index (χ3n) is 6.86. The van der Waals surface area contributed by atoms with Crippen LogP contribution in [-0.4, -0.2) is 82.7 Å². The van der Waals surface area contributed by atoms with Gasteiger partial charge in [-0.15, -0.1) is 0 Å². The monoisotopic (exact) mass is 535 g/mol. The lowest BCUT2D eigenvalue weighted by Gasteiger charge is -2.41. The molecule has 39 heavy (non-hydrogen) atoms. The highest BCUT2D eigenvalue weighted by atomic mass is 16.5. The van der Waals surface area contributed by atoms with Crippen molar-refractivity contribution in [2.24, 2.45) is 0 Å². The van der Waals surface area contributed by atoms with Crippen LogP contribution < -0.4 is 19.7 Å². The average molecular weight is 536 g/mol. The van der Waals surface area contributed by atoms with Crippen molar-refractivity contribution < 1.29 is 19.1 Å². The maximum atomic E-state index is 12.9. The molecule has 0 radical (unpaired) electrons. The van der Waals surface area contributed by atoms with E-state index < -0.39 is 0 Å². The quantitative estimate of drug-likeness (QED) is 0.421. The Morgan fingerprint density at radius 2 is 1.90 bits per heavy atom. The van der Waals surface area contributed by atoms with Crippen LogP contribution >= 0.6 is 0 Å². The minimum Gasteiger partial charge on any atom is -0.493 e. The fraction of sp³-hybridized carbons (Fsp3) is 0.464. The van der Waals surface area contributed by atoms with Crippen molar-refractivity contribution in [3.8, 4) is 17.4 Å². The highest BCUT2D eigenvalue weighted by molar-refractivity contribution is 5.79. The standard InChI is InChI=1S/C28H37N7O4/c1-19(2)23-16-26(32-28(31-23)34-11-10-29-18-34)33-12-13-35(20(3)36)22(17-33)15-27(37)30-9-8-21-6-7-24(38-4)25(14-21)39-5/h6-7,10-11,14,16,18-19,22H,8-9,12-13,15,17H2,1-5H3,(H,30,37). The largest absolute Gasteiger partial charge is 0.493 e. The number of nitrogens with one attached hydrogen (secondary N) is 1. The van der Waals surface area contributed by atoms with Crippen molar-refractivity contribution in [1.82, 2.24) is 29.7 Å². The Kier molecular flexibility index (Phi) is 9.00. The molecule has 1 fully saturated rings. The summed E-state index contributed by atoms with van der Waals surface area (Å²) in [6, 6.07) is 7.44. The molecule has 0 bridgehead atoms. The van der Waals surface area contributed by atoms with E-state index >= 15 is 0 Å². The Labute approximate surface area is 229 Å². The van der Waals surface area contributed by atoms with Gasteiger partial charge in [0.25, 0.3) is 0 Å². The molecule has 11 nitrogen and oxygen atoms in total. The first kappa shape index (κ1) is 27.9. The van der Waals surface area contributed by atoms with E-state index in [4.69, 9.17) is 19.4 Å². The minimum atomic E-state index is -0.272. The second-order valence-corrected chi connectivity index (χ2v) is 9.88. The molecule has 3 heterocycles. The van der Waals surface area contributed by atoms with Crippen LogP contribution in [0, 0.1) is 0 Å². The molecule has 2 amide bonds. The molecular formula is C28H37N7O4. The summed E-state index contributed by atoms with van der Waals surface area (Å²) in [6.07, 6.45) is 6.03. The number of carbonyl (C=O) groups is 2. The van der Waals surface area contributed by atoms with Gasteiger partial charge in [-0.25, -0.2) is 9.97 Å². The Balaban J connectivity index is 1.43. The first-order valence-corrected chi connectivity index (χ1v) is 13.2. The van der Waals surface area contributed by atoms with Crippen LogP contribution in [0.5, 0.6) is 11.5 Å². The molecule has 1 N–H and O–H groups in total. The third-order valence-corrected chi connectivity index (χ3v) is 6.86. The van der Waals surface area contributed by atoms with E-state index in [1.54, 1.807) is 43.1 Å². The molecule has 4 rings (SSSR count). The van der Waals surface area contributed by atoms with E-state index in [1.807, 2.05) is 30.5 Å². The topological polar surface area (TPSA) is 115 Å². The van der Waals surface area contributed by atoms with Crippen LogP contribution in [-0.2, 0) is 16.0 Å². The molecule has 1 atom stereocenters. The van der Waals surface area contributed by atoms with Gasteiger partial charge >= 0.3 is 0 Å². The molecule has 3 aromatic rings. The number of carbonyl (C=O) groups excluding carboxylic acids is 2. The lowest BCUT2D eigenvalue weighted by atomic mass is 10.1. The maximum Gasteiger partial charge on any atom is 0.237 e. The van der Waals surface area contributed by atoms with Gasteiger partial charge in [0.2, 0.25) is 17.8 Å². The van der Waals surface area contributed by atoms with E-state index in [0.29, 0.717) is 50.0 Å². The summed E-state index contributed by atoms with van der Waals surface area (Å²) in [5, 5.41) is 3.01. The fourth-order valence-electron chi connectivity index (χ4n) is 4.71. The Bertz CT molecular complexity index is 1280. The van der Waals surface area contributed by atoms with Crippen LogP contribution in [0.2, 0.25) is 0 Å². The normalized spacial score (nSPS) is 15.4. The van der Waals surface area contributed by atoms with E-state index in [0.717, 1.165) is 17.1 Å². The number of piperazine rings is 1. The van der Waals surface area contributed by atoms with Gasteiger partial charge in [-0.05, 0) is 30.0 Å². The summed E-state index contributed by atoms with van der Waals surface area (Å²) < 4.78 is 12.4. The van der Waals surface area contributed by atoms with Crippen LogP contribution in [0.25, 0.3) is 5.95 Å². The number of benzene rings is 1. The lowest BCUT2D eigenvalue weighted by molar-refractivity contribution is -0.133. The summed E-state index contributed by atoms with van der Waals surface area (Å²) in [4.78, 5) is 42.9. The first-order valence-electron chi connectivity index (χ1n) is 13.2. The molecule has 0 spiro atoms. The van der Waals surface area contributed by atoms with Crippen LogP contribution in [0.15, 0.2) is 43.0 Å². The molecule has 1 aliphatic heterocycles. The SMILES string of the molecule is COc1ccc(CCNC(=O)CC2CN(c3cc(C(C)C)nc(-n4ccnc4)n3)CCN2C(C)=O)cc1OC. The minimum absolute atomic E-state index is 0.0394. The Morgan fingerprint density at radius 1 is 1.10 bits per heavy atom. The molecule has 1 saturated heterocycles. The molecule has 0 saturated carbocycles. The highest BCUT2D eigenvalue weighted by Crippen LogP contribution is 2.28. The number of hydrogen-bond acceptors (Lipinski definition) is 8. The predicted molar refractivity (Wildman–Crippen MR) is 148 cm³/mol. The Morgan fingerprint density at radius 3 is 2.56 bits per heavy atom. The van der Waals surface area contributed by atoms with Crippen molar-refractivity contribution in [3.05, 3.63) is 54.2 Å². The molecule has 208 valence electrons. The van der Waals surface area contributed by atoms with E-state index in [1.165, 1.54) is 0 Å². The number of ether oxygens (including phenoxy) is 2. The van der Waals surface area contributed by atoms with Crippen molar-refractivity contribution in [1.29, 1.82) is 0 Å². The summed E-state index contributed by atoms with van der Waals surface area (Å²) >= 11 is 0. The number of aromatic nitrogens is 4. The van der Waals surface area contributed by atoms with Gasteiger partial charge in [-0.3, -0.25) is 14.2 Å². The molecular weight excluding hydrogens is 498 g/mol. The maximum absolute atomic E-state index is 12.9. The highest BCUT2D eigenvalue weighted by Gasteiger charge is 2.31. The average Bonchev–Trinajstić information content (AvgIpc) is 3.48. The number of anilines is 1. The molecule has 1 aliphatic rings. The van der Waals surface area contributed by atoms with Crippen molar-refractivity contribution in [2.75, 3.05) is 45.3 Å². The summed E-state index contributed by atoms with van der Waals surface area (Å²) in [5.74, 6) is 2.71. The summed E-state index contributed by atoms with van der Waals surface area (Å²) in [7, 11) is 3.20. The van der Waals surface area contributed by atoms with E-state index in [2.05, 4.69) is 29.0 Å². The Hall–Kier alpha value is -4.15. The number of imidazole rings is 1. The summed E-state index contributed by atoms with van der Waals surface area (Å²) in [6.45, 7) is 7.84. The van der Waals surface area contributed by atoms with Crippen LogP contribution in [0.3, 0.4) is 0 Å². The van der Waals surface area contributed by atoms with Crippen LogP contribution in [0.4, 0.5) is 5.82 Å². The zero-order chi connectivity index (χ0) is 27.9. The number of hydrogen-bond donors (Lipinski definition) is 1. The number of rotatable bonds is 10. The van der Waals surface area contributed by atoms with Gasteiger partial charge in [0.05, 0.1) is 26.0 Å². The second-order valence-electron chi connectivity index (χ2n) is 9.88. The summed E-state index contributed by atoms with van der Waals surface area (Å²) in [5.41, 5.74) is 1.95. The van der Waals surface area contributed by atoms with Gasteiger partial charge in [-0.2, -0.15) is 4.98 Å². The van der Waals surface area contributed by atoms with Gasteiger partial charge in [-0.1, -0.05) is 19.9 Å². The molecule has 0 aliphatic carbocycles. The third kappa shape index (κ3) is 6.84. The van der Waals surface area contributed by atoms with Crippen molar-refractivity contribution in [2.45, 2.75) is 45.6 Å². The predicted octanol–water partition coefficient (Wildman–Crippen LogP) is 2.59. The van der Waals surface area contributed by atoms with Crippen molar-refractivity contribution >= 4 is 17.6 Å². The molecule has 1 aromatic carbocycles. The lowest BCUT2D eigenvalue weighted by Crippen LogP contribution is -2.56. The van der Waals surface area contributed by atoms with Gasteiger partial charge < -0.3 is 24.6 Å². The number of methoxy groups -OCH3 is 2. The fourth-order valence-corrected chi connectivity index (χ4v) is 4.71. The second kappa shape index (κ2) is 12.6. The van der Waals surface area contributed by atoms with Crippen molar-refractivity contribution in [3.63, 3.8) is 0 Å². The van der Waals surface area contributed by atoms with E-state index in [-0.39, 0.29) is 30.2 Å². The first-order chi connectivity index (χ1) is 18.8. The number of amides is 2. The zero-order valence-electron chi connectivity index (χ0n) is 23.3.